The van der Waals surface area contributed by atoms with Gasteiger partial charge in [-0.25, -0.2) is 8.42 Å². The Hall–Kier alpha value is -2.74. The summed E-state index contributed by atoms with van der Waals surface area (Å²) < 4.78 is 36.9. The van der Waals surface area contributed by atoms with Crippen molar-refractivity contribution < 1.29 is 22.7 Å². The van der Waals surface area contributed by atoms with Gasteiger partial charge in [0.15, 0.2) is 0 Å². The lowest BCUT2D eigenvalue weighted by Gasteiger charge is -2.28. The lowest BCUT2D eigenvalue weighted by molar-refractivity contribution is -0.121. The van der Waals surface area contributed by atoms with Gasteiger partial charge >= 0.3 is 0 Å². The van der Waals surface area contributed by atoms with E-state index in [1.807, 2.05) is 32.9 Å². The molecule has 1 N–H and O–H groups in total. The van der Waals surface area contributed by atoms with Gasteiger partial charge in [-0.05, 0) is 75.2 Å². The molecule has 0 aliphatic rings. The molecule has 8 heteroatoms. The molecule has 1 amide bonds. The van der Waals surface area contributed by atoms with Crippen molar-refractivity contribution in [2.24, 2.45) is 0 Å². The van der Waals surface area contributed by atoms with Crippen LogP contribution in [0.2, 0.25) is 0 Å². The number of benzene rings is 2. The maximum Gasteiger partial charge on any atom is 0.243 e. The van der Waals surface area contributed by atoms with E-state index in [-0.39, 0.29) is 13.2 Å². The second-order valence-electron chi connectivity index (χ2n) is 7.12. The third-order valence-electron chi connectivity index (χ3n) is 4.36. The SMILES string of the molecule is CCOc1ccc(N(C(C)C(=O)NCCOc2cc(C)cc(C)c2)S(C)(=O)=O)cc1. The Morgan fingerprint density at radius 2 is 1.63 bits per heavy atom. The Bertz CT molecular complexity index is 938. The summed E-state index contributed by atoms with van der Waals surface area (Å²) in [7, 11) is -3.67. The standard InChI is InChI=1S/C22H30N2O5S/c1-6-28-20-9-7-19(8-10-20)24(30(5,26)27)18(4)22(25)23-11-12-29-21-14-16(2)13-17(3)15-21/h7-10,13-15,18H,6,11-12H2,1-5H3,(H,23,25). The molecule has 164 valence electrons. The van der Waals surface area contributed by atoms with Gasteiger partial charge in [-0.1, -0.05) is 6.07 Å². The highest BCUT2D eigenvalue weighted by molar-refractivity contribution is 7.92. The van der Waals surface area contributed by atoms with Crippen LogP contribution in [0, 0.1) is 13.8 Å². The van der Waals surface area contributed by atoms with E-state index in [0.29, 0.717) is 18.0 Å². The fourth-order valence-corrected chi connectivity index (χ4v) is 4.35. The van der Waals surface area contributed by atoms with Gasteiger partial charge in [0.2, 0.25) is 15.9 Å². The first-order chi connectivity index (χ1) is 14.1. The van der Waals surface area contributed by atoms with Gasteiger partial charge in [-0.15, -0.1) is 0 Å². The average molecular weight is 435 g/mol. The molecule has 1 atom stereocenters. The van der Waals surface area contributed by atoms with Crippen LogP contribution in [0.4, 0.5) is 5.69 Å². The highest BCUT2D eigenvalue weighted by atomic mass is 32.2. The lowest BCUT2D eigenvalue weighted by Crippen LogP contribution is -2.48. The smallest absolute Gasteiger partial charge is 0.243 e. The molecule has 0 bridgehead atoms. The molecule has 0 radical (unpaired) electrons. The van der Waals surface area contributed by atoms with Gasteiger partial charge in [-0.2, -0.15) is 0 Å². The van der Waals surface area contributed by atoms with Crippen LogP contribution in [-0.4, -0.2) is 46.4 Å². The third-order valence-corrected chi connectivity index (χ3v) is 5.60. The normalized spacial score (nSPS) is 12.2. The minimum absolute atomic E-state index is 0.261. The number of anilines is 1. The molecular weight excluding hydrogens is 404 g/mol. The summed E-state index contributed by atoms with van der Waals surface area (Å²) in [6.07, 6.45) is 1.08. The predicted molar refractivity (Wildman–Crippen MR) is 119 cm³/mol. The van der Waals surface area contributed by atoms with Crippen molar-refractivity contribution >= 4 is 21.6 Å². The molecule has 2 aromatic carbocycles. The second kappa shape index (κ2) is 10.3. The monoisotopic (exact) mass is 434 g/mol. The fourth-order valence-electron chi connectivity index (χ4n) is 3.17. The topological polar surface area (TPSA) is 84.9 Å². The van der Waals surface area contributed by atoms with E-state index in [9.17, 15) is 13.2 Å². The number of sulfonamides is 1. The molecule has 0 aromatic heterocycles. The minimum atomic E-state index is -3.67. The Balaban J connectivity index is 1.99. The molecule has 0 fully saturated rings. The second-order valence-corrected chi connectivity index (χ2v) is 8.98. The van der Waals surface area contributed by atoms with E-state index in [0.717, 1.165) is 27.4 Å². The van der Waals surface area contributed by atoms with Crippen molar-refractivity contribution in [3.63, 3.8) is 0 Å². The Labute approximate surface area is 179 Å². The number of carbonyl (C=O) groups is 1. The van der Waals surface area contributed by atoms with Crippen LogP contribution in [0.25, 0.3) is 0 Å². The molecule has 0 saturated carbocycles. The van der Waals surface area contributed by atoms with Gasteiger partial charge in [-0.3, -0.25) is 9.10 Å². The molecule has 0 aliphatic heterocycles. The molecule has 0 saturated heterocycles. The fraction of sp³-hybridized carbons (Fsp3) is 0.409. The minimum Gasteiger partial charge on any atom is -0.494 e. The Morgan fingerprint density at radius 3 is 2.17 bits per heavy atom. The molecule has 2 aromatic rings. The van der Waals surface area contributed by atoms with Gasteiger partial charge in [0.1, 0.15) is 24.1 Å². The first kappa shape index (κ1) is 23.5. The summed E-state index contributed by atoms with van der Waals surface area (Å²) in [6.45, 7) is 8.46. The van der Waals surface area contributed by atoms with E-state index >= 15 is 0 Å². The molecule has 7 nitrogen and oxygen atoms in total. The van der Waals surface area contributed by atoms with Crippen molar-refractivity contribution in [1.82, 2.24) is 5.32 Å². The number of hydrogen-bond donors (Lipinski definition) is 1. The van der Waals surface area contributed by atoms with Gasteiger partial charge in [0.25, 0.3) is 0 Å². The van der Waals surface area contributed by atoms with E-state index < -0.39 is 22.0 Å². The van der Waals surface area contributed by atoms with Crippen molar-refractivity contribution in [3.8, 4) is 11.5 Å². The van der Waals surface area contributed by atoms with Crippen molar-refractivity contribution in [3.05, 3.63) is 53.6 Å². The largest absolute Gasteiger partial charge is 0.494 e. The summed E-state index contributed by atoms with van der Waals surface area (Å²) in [4.78, 5) is 12.6. The van der Waals surface area contributed by atoms with Gasteiger partial charge in [0.05, 0.1) is 25.1 Å². The molecule has 0 spiro atoms. The van der Waals surface area contributed by atoms with E-state index in [1.54, 1.807) is 31.2 Å². The molecule has 2 rings (SSSR count). The van der Waals surface area contributed by atoms with Gasteiger partial charge < -0.3 is 14.8 Å². The van der Waals surface area contributed by atoms with Crippen LogP contribution in [-0.2, 0) is 14.8 Å². The molecule has 0 aliphatic carbocycles. The average Bonchev–Trinajstić information content (AvgIpc) is 2.65. The van der Waals surface area contributed by atoms with E-state index in [4.69, 9.17) is 9.47 Å². The number of aryl methyl sites for hydroxylation is 2. The summed E-state index contributed by atoms with van der Waals surface area (Å²) in [5.41, 5.74) is 2.60. The maximum atomic E-state index is 12.6. The zero-order chi connectivity index (χ0) is 22.3. The zero-order valence-corrected chi connectivity index (χ0v) is 19.0. The summed E-state index contributed by atoms with van der Waals surface area (Å²) in [5, 5.41) is 2.74. The Kier molecular flexibility index (Phi) is 8.11. The number of nitrogens with one attached hydrogen (secondary N) is 1. The first-order valence-corrected chi connectivity index (χ1v) is 11.7. The summed E-state index contributed by atoms with van der Waals surface area (Å²) in [5.74, 6) is 0.968. The zero-order valence-electron chi connectivity index (χ0n) is 18.1. The van der Waals surface area contributed by atoms with Crippen LogP contribution < -0.4 is 19.1 Å². The maximum absolute atomic E-state index is 12.6. The van der Waals surface area contributed by atoms with Gasteiger partial charge in [0, 0.05) is 0 Å². The Morgan fingerprint density at radius 1 is 1.03 bits per heavy atom. The van der Waals surface area contributed by atoms with E-state index in [2.05, 4.69) is 11.4 Å². The number of hydrogen-bond acceptors (Lipinski definition) is 5. The van der Waals surface area contributed by atoms with Crippen LogP contribution in [0.5, 0.6) is 11.5 Å². The quantitative estimate of drug-likeness (QED) is 0.581. The van der Waals surface area contributed by atoms with Crippen LogP contribution >= 0.6 is 0 Å². The van der Waals surface area contributed by atoms with Crippen LogP contribution in [0.1, 0.15) is 25.0 Å². The molecule has 0 heterocycles. The van der Waals surface area contributed by atoms with E-state index in [1.165, 1.54) is 0 Å². The van der Waals surface area contributed by atoms with Crippen molar-refractivity contribution in [2.75, 3.05) is 30.3 Å². The highest BCUT2D eigenvalue weighted by Gasteiger charge is 2.28. The number of ether oxygens (including phenoxy) is 2. The third kappa shape index (κ3) is 6.66. The number of rotatable bonds is 10. The summed E-state index contributed by atoms with van der Waals surface area (Å²) in [6, 6.07) is 11.6. The number of nitrogens with zero attached hydrogens (tertiary/aromatic N) is 1. The van der Waals surface area contributed by atoms with Crippen molar-refractivity contribution in [1.29, 1.82) is 0 Å². The molecule has 1 unspecified atom stereocenters. The van der Waals surface area contributed by atoms with Crippen LogP contribution in [0.3, 0.4) is 0 Å². The predicted octanol–water partition coefficient (Wildman–Crippen LogP) is 3.05. The lowest BCUT2D eigenvalue weighted by atomic mass is 10.1. The first-order valence-electron chi connectivity index (χ1n) is 9.83. The van der Waals surface area contributed by atoms with Crippen molar-refractivity contribution in [2.45, 2.75) is 33.7 Å². The molecule has 30 heavy (non-hydrogen) atoms. The highest BCUT2D eigenvalue weighted by Crippen LogP contribution is 2.24. The number of amides is 1. The summed E-state index contributed by atoms with van der Waals surface area (Å²) >= 11 is 0. The number of carbonyl (C=O) groups excluding carboxylic acids is 1. The van der Waals surface area contributed by atoms with Crippen LogP contribution in [0.15, 0.2) is 42.5 Å². The molecular formula is C22H30N2O5S.